The Morgan fingerprint density at radius 1 is 1.24 bits per heavy atom. The maximum absolute atomic E-state index is 13.2. The molecule has 0 saturated carbocycles. The summed E-state index contributed by atoms with van der Waals surface area (Å²) in [6.45, 7) is 1.56. The van der Waals surface area contributed by atoms with Gasteiger partial charge in [-0.05, 0) is 42.8 Å². The van der Waals surface area contributed by atoms with E-state index in [-0.39, 0.29) is 10.6 Å². The number of aromatic hydroxyl groups is 1. The number of phenolic OH excluding ortho intramolecular Hbond substituents is 1. The van der Waals surface area contributed by atoms with Gasteiger partial charge in [0.1, 0.15) is 0 Å². The molecule has 0 amide bonds. The van der Waals surface area contributed by atoms with Gasteiger partial charge in [-0.3, -0.25) is 4.72 Å². The second-order valence-electron chi connectivity index (χ2n) is 4.36. The smallest absolute Gasteiger partial charge is 0.262 e. The van der Waals surface area contributed by atoms with Crippen molar-refractivity contribution in [3.63, 3.8) is 0 Å². The number of rotatable bonds is 3. The number of aryl methyl sites for hydroxylation is 1. The number of halogens is 1. The van der Waals surface area contributed by atoms with E-state index >= 15 is 0 Å². The maximum Gasteiger partial charge on any atom is 0.262 e. The van der Waals surface area contributed by atoms with Crippen LogP contribution in [0.3, 0.4) is 0 Å². The van der Waals surface area contributed by atoms with Crippen molar-refractivity contribution in [3.05, 3.63) is 53.3 Å². The Kier molecular flexibility index (Phi) is 3.82. The molecule has 0 saturated heterocycles. The van der Waals surface area contributed by atoms with E-state index in [1.54, 1.807) is 6.92 Å². The van der Waals surface area contributed by atoms with Crippen molar-refractivity contribution in [2.24, 2.45) is 0 Å². The number of sulfonamides is 1. The predicted molar refractivity (Wildman–Crippen MR) is 74.8 cm³/mol. The van der Waals surface area contributed by atoms with E-state index in [0.29, 0.717) is 11.1 Å². The predicted octanol–water partition coefficient (Wildman–Crippen LogP) is 2.51. The number of hydrogen-bond acceptors (Lipinski definition) is 4. The number of hydrogen-bond donors (Lipinski definition) is 2. The van der Waals surface area contributed by atoms with Crippen molar-refractivity contribution < 1.29 is 17.9 Å². The van der Waals surface area contributed by atoms with Gasteiger partial charge in [0.2, 0.25) is 0 Å². The Balaban J connectivity index is 2.38. The third kappa shape index (κ3) is 3.12. The molecule has 0 aliphatic carbocycles. The molecule has 2 aromatic rings. The average Bonchev–Trinajstić information content (AvgIpc) is 2.42. The fourth-order valence-electron chi connectivity index (χ4n) is 1.80. The van der Waals surface area contributed by atoms with Crippen LogP contribution in [-0.2, 0) is 10.0 Å². The second kappa shape index (κ2) is 5.42. The topological polar surface area (TPSA) is 90.2 Å². The molecule has 0 unspecified atom stereocenters. The van der Waals surface area contributed by atoms with Gasteiger partial charge >= 0.3 is 0 Å². The molecule has 0 aliphatic rings. The van der Waals surface area contributed by atoms with Crippen LogP contribution in [0.25, 0.3) is 0 Å². The van der Waals surface area contributed by atoms with Crippen molar-refractivity contribution in [1.82, 2.24) is 0 Å². The molecule has 2 N–H and O–H groups in total. The lowest BCUT2D eigenvalue weighted by atomic mass is 10.2. The summed E-state index contributed by atoms with van der Waals surface area (Å²) in [5, 5.41) is 17.8. The number of benzene rings is 2. The third-order valence-electron chi connectivity index (χ3n) is 2.79. The summed E-state index contributed by atoms with van der Waals surface area (Å²) < 4.78 is 39.9. The normalized spacial score (nSPS) is 10.9. The fourth-order valence-corrected chi connectivity index (χ4v) is 3.08. The first kappa shape index (κ1) is 14.8. The molecule has 0 heterocycles. The Hall–Kier alpha value is -2.59. The van der Waals surface area contributed by atoms with Crippen molar-refractivity contribution in [1.29, 1.82) is 5.26 Å². The van der Waals surface area contributed by atoms with E-state index in [1.165, 1.54) is 24.3 Å². The molecule has 2 rings (SSSR count). The Morgan fingerprint density at radius 3 is 2.52 bits per heavy atom. The van der Waals surface area contributed by atoms with Crippen LogP contribution in [-0.4, -0.2) is 13.5 Å². The van der Waals surface area contributed by atoms with Gasteiger partial charge in [-0.1, -0.05) is 0 Å². The van der Waals surface area contributed by atoms with Crippen molar-refractivity contribution >= 4 is 15.7 Å². The van der Waals surface area contributed by atoms with Crippen LogP contribution in [0.2, 0.25) is 0 Å². The highest BCUT2D eigenvalue weighted by molar-refractivity contribution is 7.92. The lowest BCUT2D eigenvalue weighted by Gasteiger charge is -2.11. The number of nitriles is 1. The van der Waals surface area contributed by atoms with Crippen LogP contribution in [0.15, 0.2) is 41.3 Å². The largest absolute Gasteiger partial charge is 0.505 e. The number of nitrogens with zero attached hydrogens (tertiary/aromatic N) is 1. The lowest BCUT2D eigenvalue weighted by molar-refractivity contribution is 0.432. The van der Waals surface area contributed by atoms with Crippen LogP contribution in [0, 0.1) is 24.1 Å². The quantitative estimate of drug-likeness (QED) is 0.853. The number of phenols is 1. The third-order valence-corrected chi connectivity index (χ3v) is 4.33. The maximum atomic E-state index is 13.2. The number of nitrogens with one attached hydrogen (secondary N) is 1. The summed E-state index contributed by atoms with van der Waals surface area (Å²) in [4.78, 5) is -0.00465. The molecule has 0 radical (unpaired) electrons. The van der Waals surface area contributed by atoms with E-state index in [9.17, 15) is 12.8 Å². The Labute approximate surface area is 121 Å². The summed E-state index contributed by atoms with van der Waals surface area (Å²) in [6.07, 6.45) is 0. The molecule has 108 valence electrons. The van der Waals surface area contributed by atoms with E-state index in [1.807, 2.05) is 6.07 Å². The molecule has 5 nitrogen and oxygen atoms in total. The van der Waals surface area contributed by atoms with Gasteiger partial charge in [0, 0.05) is 6.07 Å². The standard InChI is InChI=1S/C14H11FN2O3S/c1-9-6-10(8-16)2-5-14(9)21(19,20)17-11-3-4-13(18)12(15)7-11/h2-7,17-18H,1H3. The highest BCUT2D eigenvalue weighted by Gasteiger charge is 2.17. The van der Waals surface area contributed by atoms with Gasteiger partial charge in [-0.25, -0.2) is 12.8 Å². The van der Waals surface area contributed by atoms with E-state index in [0.717, 1.165) is 12.1 Å². The zero-order valence-electron chi connectivity index (χ0n) is 11.0. The van der Waals surface area contributed by atoms with Gasteiger partial charge in [0.05, 0.1) is 22.2 Å². The van der Waals surface area contributed by atoms with Crippen LogP contribution >= 0.6 is 0 Å². The van der Waals surface area contributed by atoms with Crippen LogP contribution in [0.5, 0.6) is 5.75 Å². The van der Waals surface area contributed by atoms with Crippen molar-refractivity contribution in [3.8, 4) is 11.8 Å². The van der Waals surface area contributed by atoms with Gasteiger partial charge < -0.3 is 5.11 Å². The average molecular weight is 306 g/mol. The highest BCUT2D eigenvalue weighted by Crippen LogP contribution is 2.23. The van der Waals surface area contributed by atoms with Crippen LogP contribution < -0.4 is 4.72 Å². The monoisotopic (exact) mass is 306 g/mol. The zero-order chi connectivity index (χ0) is 15.6. The summed E-state index contributed by atoms with van der Waals surface area (Å²) in [5.41, 5.74) is 0.747. The first-order valence-corrected chi connectivity index (χ1v) is 7.34. The molecule has 0 spiro atoms. The fraction of sp³-hybridized carbons (Fsp3) is 0.0714. The van der Waals surface area contributed by atoms with E-state index in [2.05, 4.69) is 4.72 Å². The van der Waals surface area contributed by atoms with E-state index in [4.69, 9.17) is 10.4 Å². The summed E-state index contributed by atoms with van der Waals surface area (Å²) in [6, 6.07) is 9.25. The zero-order valence-corrected chi connectivity index (χ0v) is 11.8. The molecule has 0 fully saturated rings. The van der Waals surface area contributed by atoms with Crippen molar-refractivity contribution in [2.45, 2.75) is 11.8 Å². The minimum absolute atomic E-state index is 0.00465. The SMILES string of the molecule is Cc1cc(C#N)ccc1S(=O)(=O)Nc1ccc(O)c(F)c1. The molecule has 7 heteroatoms. The molecular weight excluding hydrogens is 295 g/mol. The molecular formula is C14H11FN2O3S. The van der Waals surface area contributed by atoms with Gasteiger partial charge in [0.15, 0.2) is 11.6 Å². The molecule has 0 aliphatic heterocycles. The van der Waals surface area contributed by atoms with Gasteiger partial charge in [-0.2, -0.15) is 5.26 Å². The van der Waals surface area contributed by atoms with Gasteiger partial charge in [0.25, 0.3) is 10.0 Å². The van der Waals surface area contributed by atoms with Crippen LogP contribution in [0.4, 0.5) is 10.1 Å². The second-order valence-corrected chi connectivity index (χ2v) is 6.01. The van der Waals surface area contributed by atoms with E-state index < -0.39 is 21.6 Å². The summed E-state index contributed by atoms with van der Waals surface area (Å²) in [5.74, 6) is -1.49. The molecule has 0 atom stereocenters. The minimum atomic E-state index is -3.91. The highest BCUT2D eigenvalue weighted by atomic mass is 32.2. The Bertz CT molecular complexity index is 842. The number of anilines is 1. The Morgan fingerprint density at radius 2 is 1.95 bits per heavy atom. The summed E-state index contributed by atoms with van der Waals surface area (Å²) >= 11 is 0. The lowest BCUT2D eigenvalue weighted by Crippen LogP contribution is -2.14. The first-order chi connectivity index (χ1) is 9.83. The summed E-state index contributed by atoms with van der Waals surface area (Å²) in [7, 11) is -3.91. The minimum Gasteiger partial charge on any atom is -0.505 e. The molecule has 0 bridgehead atoms. The molecule has 0 aromatic heterocycles. The van der Waals surface area contributed by atoms with Crippen LogP contribution in [0.1, 0.15) is 11.1 Å². The molecule has 21 heavy (non-hydrogen) atoms. The van der Waals surface area contributed by atoms with Crippen molar-refractivity contribution in [2.75, 3.05) is 4.72 Å². The first-order valence-electron chi connectivity index (χ1n) is 5.85. The molecule has 2 aromatic carbocycles. The van der Waals surface area contributed by atoms with Gasteiger partial charge in [-0.15, -0.1) is 0 Å².